The summed E-state index contributed by atoms with van der Waals surface area (Å²) in [5.74, 6) is -0.191. The topological polar surface area (TPSA) is 76.0 Å². The zero-order valence-corrected chi connectivity index (χ0v) is 15.6. The molecule has 0 saturated heterocycles. The van der Waals surface area contributed by atoms with E-state index < -0.39 is 17.7 Å². The third-order valence-corrected chi connectivity index (χ3v) is 4.62. The van der Waals surface area contributed by atoms with Crippen molar-refractivity contribution in [2.24, 2.45) is 0 Å². The number of imidazole rings is 1. The summed E-state index contributed by atoms with van der Waals surface area (Å²) in [5, 5.41) is 27.7. The van der Waals surface area contributed by atoms with Gasteiger partial charge in [0, 0.05) is 11.3 Å². The van der Waals surface area contributed by atoms with E-state index in [-0.39, 0.29) is 29.5 Å². The Hall–Kier alpha value is -2.66. The van der Waals surface area contributed by atoms with Gasteiger partial charge in [-0.05, 0) is 29.8 Å². The minimum atomic E-state index is -0.496. The predicted molar refractivity (Wildman–Crippen MR) is 99.5 cm³/mol. The summed E-state index contributed by atoms with van der Waals surface area (Å²) in [5.41, 5.74) is 4.06. The van der Waals surface area contributed by atoms with E-state index in [0.717, 1.165) is 28.1 Å². The number of anilines is 1. The fourth-order valence-electron chi connectivity index (χ4n) is 3.48. The van der Waals surface area contributed by atoms with Crippen LogP contribution in [-0.4, -0.2) is 9.55 Å². The van der Waals surface area contributed by atoms with Crippen LogP contribution in [0.2, 0.25) is 0 Å². The maximum Gasteiger partial charge on any atom is 2.00 e. The second kappa shape index (κ2) is 7.16. The van der Waals surface area contributed by atoms with Gasteiger partial charge in [0.05, 0.1) is 11.0 Å². The molecule has 0 aliphatic carbocycles. The van der Waals surface area contributed by atoms with Crippen LogP contribution in [0.1, 0.15) is 11.7 Å². The van der Waals surface area contributed by atoms with Crippen LogP contribution in [0.3, 0.4) is 0 Å². The SMILES string of the molecule is Cl.[Cu+2].[O-]c1cccc(C2Nc3ccccc3-c3nc4ccccc4n32)c1[O-]. The summed E-state index contributed by atoms with van der Waals surface area (Å²) in [6.07, 6.45) is -0.473. The van der Waals surface area contributed by atoms with Gasteiger partial charge in [0.25, 0.3) is 0 Å². The summed E-state index contributed by atoms with van der Waals surface area (Å²) >= 11 is 0. The number of halogens is 1. The molecule has 1 radical (unpaired) electrons. The molecule has 1 aliphatic heterocycles. The summed E-state index contributed by atoms with van der Waals surface area (Å²) in [4.78, 5) is 4.77. The molecule has 0 spiro atoms. The fraction of sp³-hybridized carbons (Fsp3) is 0.0500. The molecule has 1 aromatic heterocycles. The number of aromatic nitrogens is 2. The Labute approximate surface area is 172 Å². The Kier molecular flexibility index (Phi) is 5.07. The molecule has 0 bridgehead atoms. The van der Waals surface area contributed by atoms with Gasteiger partial charge in [0.15, 0.2) is 0 Å². The van der Waals surface area contributed by atoms with E-state index in [9.17, 15) is 10.2 Å². The fourth-order valence-corrected chi connectivity index (χ4v) is 3.48. The first-order valence-electron chi connectivity index (χ1n) is 8.04. The molecular weight excluding hydrogens is 413 g/mol. The van der Waals surface area contributed by atoms with E-state index in [0.29, 0.717) is 5.56 Å². The van der Waals surface area contributed by atoms with Gasteiger partial charge >= 0.3 is 17.1 Å². The molecular formula is C20H14ClCuN3O2. The number of rotatable bonds is 1. The molecule has 5 rings (SSSR count). The van der Waals surface area contributed by atoms with E-state index in [1.54, 1.807) is 12.1 Å². The Morgan fingerprint density at radius 1 is 0.889 bits per heavy atom. The van der Waals surface area contributed by atoms with Gasteiger partial charge in [-0.15, -0.1) is 23.9 Å². The van der Waals surface area contributed by atoms with Crippen molar-refractivity contribution in [1.82, 2.24) is 9.55 Å². The van der Waals surface area contributed by atoms with Crippen LogP contribution in [0, 0.1) is 0 Å². The average molecular weight is 427 g/mol. The predicted octanol–water partition coefficient (Wildman–Crippen LogP) is 3.24. The standard InChI is InChI=1S/C20H15N3O2.ClH.Cu/c24-17-11-5-7-13(18(17)25)20-21-14-8-2-1-6-12(14)19-22-15-9-3-4-10-16(15)23(19)20;;/h1-11,20-21,24-25H;1H;/q;;+2/p-2. The van der Waals surface area contributed by atoms with Crippen molar-refractivity contribution in [3.8, 4) is 22.9 Å². The van der Waals surface area contributed by atoms with Gasteiger partial charge in [-0.3, -0.25) is 4.57 Å². The second-order valence-corrected chi connectivity index (χ2v) is 6.06. The first-order chi connectivity index (χ1) is 12.2. The smallest absolute Gasteiger partial charge is 0.873 e. The van der Waals surface area contributed by atoms with E-state index in [1.165, 1.54) is 6.07 Å². The largest absolute Gasteiger partial charge is 2.00 e. The molecule has 4 aromatic rings. The van der Waals surface area contributed by atoms with Gasteiger partial charge in [-0.2, -0.15) is 0 Å². The third kappa shape index (κ3) is 2.82. The van der Waals surface area contributed by atoms with Gasteiger partial charge in [0.1, 0.15) is 12.0 Å². The van der Waals surface area contributed by atoms with Crippen LogP contribution in [0.4, 0.5) is 5.69 Å². The van der Waals surface area contributed by atoms with E-state index in [4.69, 9.17) is 4.98 Å². The second-order valence-electron chi connectivity index (χ2n) is 6.06. The van der Waals surface area contributed by atoms with Crippen LogP contribution in [0.5, 0.6) is 11.5 Å². The molecule has 1 N–H and O–H groups in total. The maximum atomic E-state index is 12.5. The van der Waals surface area contributed by atoms with Crippen molar-refractivity contribution >= 4 is 29.1 Å². The molecule has 1 aliphatic rings. The van der Waals surface area contributed by atoms with Crippen LogP contribution < -0.4 is 15.5 Å². The summed E-state index contributed by atoms with van der Waals surface area (Å²) in [6, 6.07) is 20.3. The van der Waals surface area contributed by atoms with Gasteiger partial charge in [0.2, 0.25) is 0 Å². The first-order valence-corrected chi connectivity index (χ1v) is 8.04. The summed E-state index contributed by atoms with van der Waals surface area (Å²) in [7, 11) is 0. The molecule has 7 heteroatoms. The first kappa shape index (κ1) is 19.1. The number of fused-ring (bicyclic) bond motifs is 5. The molecule has 5 nitrogen and oxygen atoms in total. The molecule has 27 heavy (non-hydrogen) atoms. The van der Waals surface area contributed by atoms with Crippen molar-refractivity contribution in [2.75, 3.05) is 5.32 Å². The van der Waals surface area contributed by atoms with Crippen molar-refractivity contribution in [3.05, 3.63) is 72.3 Å². The van der Waals surface area contributed by atoms with E-state index >= 15 is 0 Å². The Bertz CT molecular complexity index is 1130. The molecule has 3 aromatic carbocycles. The van der Waals surface area contributed by atoms with Crippen LogP contribution >= 0.6 is 12.4 Å². The molecule has 0 fully saturated rings. The van der Waals surface area contributed by atoms with Crippen LogP contribution in [-0.2, 0) is 17.1 Å². The molecule has 0 saturated carbocycles. The van der Waals surface area contributed by atoms with Crippen molar-refractivity contribution in [3.63, 3.8) is 0 Å². The Morgan fingerprint density at radius 2 is 1.63 bits per heavy atom. The number of para-hydroxylation sites is 4. The van der Waals surface area contributed by atoms with E-state index in [2.05, 4.69) is 5.32 Å². The minimum absolute atomic E-state index is 0. The third-order valence-electron chi connectivity index (χ3n) is 4.62. The zero-order chi connectivity index (χ0) is 17.0. The number of hydrogen-bond donors (Lipinski definition) is 1. The van der Waals surface area contributed by atoms with Crippen LogP contribution in [0.25, 0.3) is 22.4 Å². The number of hydrogen-bond acceptors (Lipinski definition) is 4. The Balaban J connectivity index is 0.00000105. The summed E-state index contributed by atoms with van der Waals surface area (Å²) in [6.45, 7) is 0. The zero-order valence-electron chi connectivity index (χ0n) is 13.8. The van der Waals surface area contributed by atoms with Crippen molar-refractivity contribution < 1.29 is 27.3 Å². The normalized spacial score (nSPS) is 14.3. The van der Waals surface area contributed by atoms with Crippen LogP contribution in [0.15, 0.2) is 66.7 Å². The maximum absolute atomic E-state index is 12.5. The molecule has 1 unspecified atom stereocenters. The van der Waals surface area contributed by atoms with Gasteiger partial charge in [-0.1, -0.05) is 42.5 Å². The van der Waals surface area contributed by atoms with E-state index in [1.807, 2.05) is 53.1 Å². The number of benzene rings is 3. The monoisotopic (exact) mass is 426 g/mol. The minimum Gasteiger partial charge on any atom is -0.873 e. The number of nitrogens with one attached hydrogen (secondary N) is 1. The molecule has 139 valence electrons. The van der Waals surface area contributed by atoms with Gasteiger partial charge < -0.3 is 15.5 Å². The quantitative estimate of drug-likeness (QED) is 0.474. The molecule has 0 amide bonds. The molecule has 1 atom stereocenters. The Morgan fingerprint density at radius 3 is 2.48 bits per heavy atom. The van der Waals surface area contributed by atoms with Crippen molar-refractivity contribution in [2.45, 2.75) is 6.17 Å². The van der Waals surface area contributed by atoms with Crippen molar-refractivity contribution in [1.29, 1.82) is 0 Å². The summed E-state index contributed by atoms with van der Waals surface area (Å²) < 4.78 is 1.99. The van der Waals surface area contributed by atoms with Gasteiger partial charge in [-0.25, -0.2) is 4.98 Å². The molecule has 2 heterocycles. The average Bonchev–Trinajstić information content (AvgIpc) is 3.03. The number of nitrogens with zero attached hydrogens (tertiary/aromatic N) is 2.